The van der Waals surface area contributed by atoms with Gasteiger partial charge in [0.05, 0.1) is 6.20 Å². The van der Waals surface area contributed by atoms with Crippen LogP contribution in [0.25, 0.3) is 0 Å². The lowest BCUT2D eigenvalue weighted by atomic mass is 10.0. The third-order valence-corrected chi connectivity index (χ3v) is 5.08. The highest BCUT2D eigenvalue weighted by molar-refractivity contribution is 7.13. The zero-order valence-electron chi connectivity index (χ0n) is 13.5. The number of hydrogen-bond donors (Lipinski definition) is 2. The predicted octanol–water partition coefficient (Wildman–Crippen LogP) is 3.00. The first-order valence-electron chi connectivity index (χ1n) is 7.82. The molecule has 6 nitrogen and oxygen atoms in total. The number of thiazole rings is 1. The molecule has 1 aliphatic rings. The first-order valence-corrected chi connectivity index (χ1v) is 8.64. The second kappa shape index (κ2) is 7.28. The summed E-state index contributed by atoms with van der Waals surface area (Å²) in [6, 6.07) is 2.69. The van der Waals surface area contributed by atoms with Gasteiger partial charge < -0.3 is 15.2 Å². The van der Waals surface area contributed by atoms with Gasteiger partial charge in [0.2, 0.25) is 0 Å². The van der Waals surface area contributed by atoms with Gasteiger partial charge in [-0.05, 0) is 37.0 Å². The number of halogens is 1. The van der Waals surface area contributed by atoms with Crippen molar-refractivity contribution in [1.29, 1.82) is 0 Å². The standard InChI is InChI=1S/C17H17FN2O4S/c1-9-7-10(4-5-11(9)18)14(17(22)23)20-15(21)13-8-19-16(25-13)12-3-2-6-24-12/h4-5,7-8,12,14H,2-3,6H2,1H3,(H,20,21)(H,22,23). The number of carboxylic acids is 1. The lowest BCUT2D eigenvalue weighted by molar-refractivity contribution is -0.139. The molecule has 1 aromatic heterocycles. The summed E-state index contributed by atoms with van der Waals surface area (Å²) in [5.41, 5.74) is 0.625. The van der Waals surface area contributed by atoms with Gasteiger partial charge in [-0.2, -0.15) is 0 Å². The van der Waals surface area contributed by atoms with E-state index in [1.54, 1.807) is 0 Å². The van der Waals surface area contributed by atoms with Crippen molar-refractivity contribution in [3.8, 4) is 0 Å². The van der Waals surface area contributed by atoms with E-state index in [1.807, 2.05) is 0 Å². The molecule has 1 amide bonds. The van der Waals surface area contributed by atoms with Crippen LogP contribution in [0.2, 0.25) is 0 Å². The molecule has 0 spiro atoms. The van der Waals surface area contributed by atoms with Gasteiger partial charge in [0.1, 0.15) is 21.8 Å². The smallest absolute Gasteiger partial charge is 0.330 e. The topological polar surface area (TPSA) is 88.5 Å². The summed E-state index contributed by atoms with van der Waals surface area (Å²) in [7, 11) is 0. The van der Waals surface area contributed by atoms with Crippen LogP contribution in [0.15, 0.2) is 24.4 Å². The van der Waals surface area contributed by atoms with E-state index in [2.05, 4.69) is 10.3 Å². The van der Waals surface area contributed by atoms with Gasteiger partial charge in [0, 0.05) is 6.61 Å². The minimum Gasteiger partial charge on any atom is -0.479 e. The average molecular weight is 364 g/mol. The van der Waals surface area contributed by atoms with E-state index in [4.69, 9.17) is 4.74 Å². The number of aryl methyl sites for hydroxylation is 1. The van der Waals surface area contributed by atoms with E-state index in [0.29, 0.717) is 27.6 Å². The Morgan fingerprint density at radius 3 is 2.92 bits per heavy atom. The van der Waals surface area contributed by atoms with Crippen molar-refractivity contribution in [2.75, 3.05) is 6.61 Å². The maximum absolute atomic E-state index is 13.4. The second-order valence-electron chi connectivity index (χ2n) is 5.82. The number of rotatable bonds is 5. The normalized spacial score (nSPS) is 18.1. The Morgan fingerprint density at radius 2 is 2.28 bits per heavy atom. The Labute approximate surface area is 147 Å². The monoisotopic (exact) mass is 364 g/mol. The quantitative estimate of drug-likeness (QED) is 0.851. The molecule has 0 saturated carbocycles. The molecule has 8 heteroatoms. The molecule has 2 unspecified atom stereocenters. The van der Waals surface area contributed by atoms with E-state index >= 15 is 0 Å². The minimum atomic E-state index is -1.26. The van der Waals surface area contributed by atoms with Crippen LogP contribution in [0.1, 0.15) is 50.8 Å². The number of benzene rings is 1. The third-order valence-electron chi connectivity index (χ3n) is 3.99. The molecule has 1 aliphatic heterocycles. The average Bonchev–Trinajstić information content (AvgIpc) is 3.25. The summed E-state index contributed by atoms with van der Waals surface area (Å²) in [4.78, 5) is 28.5. The molecule has 0 bridgehead atoms. The van der Waals surface area contributed by atoms with Crippen LogP contribution in [0, 0.1) is 12.7 Å². The number of aromatic nitrogens is 1. The van der Waals surface area contributed by atoms with Crippen molar-refractivity contribution in [3.63, 3.8) is 0 Å². The maximum atomic E-state index is 13.4. The molecule has 0 radical (unpaired) electrons. The van der Waals surface area contributed by atoms with E-state index in [1.165, 1.54) is 42.7 Å². The molecule has 0 aliphatic carbocycles. The number of amides is 1. The molecular formula is C17H17FN2O4S. The van der Waals surface area contributed by atoms with Gasteiger partial charge in [-0.1, -0.05) is 12.1 Å². The highest BCUT2D eigenvalue weighted by Gasteiger charge is 2.26. The fourth-order valence-electron chi connectivity index (χ4n) is 2.65. The van der Waals surface area contributed by atoms with Crippen LogP contribution in [0.3, 0.4) is 0 Å². The predicted molar refractivity (Wildman–Crippen MR) is 89.0 cm³/mol. The van der Waals surface area contributed by atoms with E-state index in [0.717, 1.165) is 12.8 Å². The molecule has 3 rings (SSSR count). The molecule has 1 fully saturated rings. The summed E-state index contributed by atoms with van der Waals surface area (Å²) in [5, 5.41) is 12.6. The van der Waals surface area contributed by atoms with Crippen molar-refractivity contribution >= 4 is 23.2 Å². The van der Waals surface area contributed by atoms with Gasteiger partial charge in [-0.15, -0.1) is 11.3 Å². The number of carboxylic acid groups (broad SMARTS) is 1. The van der Waals surface area contributed by atoms with Gasteiger partial charge in [-0.3, -0.25) is 4.79 Å². The summed E-state index contributed by atoms with van der Waals surface area (Å²) in [5.74, 6) is -2.18. The van der Waals surface area contributed by atoms with Gasteiger partial charge in [0.25, 0.3) is 5.91 Å². The molecular weight excluding hydrogens is 347 g/mol. The summed E-state index contributed by atoms with van der Waals surface area (Å²) in [6.07, 6.45) is 3.14. The number of nitrogens with one attached hydrogen (secondary N) is 1. The fraction of sp³-hybridized carbons (Fsp3) is 0.353. The van der Waals surface area contributed by atoms with Crippen LogP contribution in [0.5, 0.6) is 0 Å². The first-order chi connectivity index (χ1) is 12.0. The third kappa shape index (κ3) is 3.85. The lowest BCUT2D eigenvalue weighted by Crippen LogP contribution is -2.33. The van der Waals surface area contributed by atoms with Crippen molar-refractivity contribution < 1.29 is 23.8 Å². The SMILES string of the molecule is Cc1cc(C(NC(=O)c2cnc(C3CCCO3)s2)C(=O)O)ccc1F. The van der Waals surface area contributed by atoms with Crippen molar-refractivity contribution in [2.45, 2.75) is 31.9 Å². The molecule has 25 heavy (non-hydrogen) atoms. The number of carbonyl (C=O) groups is 2. The highest BCUT2D eigenvalue weighted by atomic mass is 32.1. The number of hydrogen-bond acceptors (Lipinski definition) is 5. The number of carbonyl (C=O) groups excluding carboxylic acids is 1. The Balaban J connectivity index is 1.76. The van der Waals surface area contributed by atoms with Gasteiger partial charge in [0.15, 0.2) is 6.04 Å². The van der Waals surface area contributed by atoms with E-state index in [-0.39, 0.29) is 6.10 Å². The molecule has 2 atom stereocenters. The van der Waals surface area contributed by atoms with E-state index in [9.17, 15) is 19.1 Å². The molecule has 2 heterocycles. The zero-order valence-corrected chi connectivity index (χ0v) is 14.3. The maximum Gasteiger partial charge on any atom is 0.330 e. The van der Waals surface area contributed by atoms with Crippen molar-refractivity contribution in [1.82, 2.24) is 10.3 Å². The van der Waals surface area contributed by atoms with Crippen molar-refractivity contribution in [2.24, 2.45) is 0 Å². The molecule has 2 N–H and O–H groups in total. The van der Waals surface area contributed by atoms with Gasteiger partial charge >= 0.3 is 5.97 Å². The van der Waals surface area contributed by atoms with Crippen molar-refractivity contribution in [3.05, 3.63) is 51.2 Å². The van der Waals surface area contributed by atoms with Crippen LogP contribution in [-0.2, 0) is 9.53 Å². The number of aliphatic carboxylic acids is 1. The van der Waals surface area contributed by atoms with Crippen LogP contribution in [-0.4, -0.2) is 28.6 Å². The lowest BCUT2D eigenvalue weighted by Gasteiger charge is -2.15. The fourth-order valence-corrected chi connectivity index (χ4v) is 3.56. The Kier molecular flexibility index (Phi) is 5.10. The van der Waals surface area contributed by atoms with Gasteiger partial charge in [-0.25, -0.2) is 14.2 Å². The summed E-state index contributed by atoms with van der Waals surface area (Å²) in [6.45, 7) is 2.22. The summed E-state index contributed by atoms with van der Waals surface area (Å²) < 4.78 is 18.9. The Morgan fingerprint density at radius 1 is 1.48 bits per heavy atom. The summed E-state index contributed by atoms with van der Waals surface area (Å²) >= 11 is 1.19. The molecule has 2 aromatic rings. The van der Waals surface area contributed by atoms with Crippen LogP contribution >= 0.6 is 11.3 Å². The Hall–Kier alpha value is -2.32. The molecule has 132 valence electrons. The van der Waals surface area contributed by atoms with Crippen LogP contribution < -0.4 is 5.32 Å². The molecule has 1 aromatic carbocycles. The van der Waals surface area contributed by atoms with Crippen LogP contribution in [0.4, 0.5) is 4.39 Å². The number of ether oxygens (including phenoxy) is 1. The highest BCUT2D eigenvalue weighted by Crippen LogP contribution is 2.31. The molecule has 1 saturated heterocycles. The van der Waals surface area contributed by atoms with E-state index < -0.39 is 23.7 Å². The Bertz CT molecular complexity index is 802. The zero-order chi connectivity index (χ0) is 18.0. The first kappa shape index (κ1) is 17.5. The second-order valence-corrected chi connectivity index (χ2v) is 6.88. The largest absolute Gasteiger partial charge is 0.479 e. The minimum absolute atomic E-state index is 0.0958. The number of nitrogens with zero attached hydrogens (tertiary/aromatic N) is 1.